The zero-order chi connectivity index (χ0) is 0. The molecule has 0 bridgehead atoms. The Kier molecular flexibility index (Phi) is 3020. The molecule has 32 valence electrons. The van der Waals surface area contributed by atoms with E-state index in [1.54, 1.807) is 0 Å². The Hall–Kier alpha value is 1.29. The van der Waals surface area contributed by atoms with E-state index >= 15 is 0 Å². The van der Waals surface area contributed by atoms with Gasteiger partial charge in [-0.25, -0.2) is 0 Å². The Morgan fingerprint density at radius 2 is 0.500 bits per heavy atom. The smallest absolute Gasteiger partial charge is 2.00 e. The first-order chi connectivity index (χ1) is 0. The van der Waals surface area contributed by atoms with Crippen molar-refractivity contribution in [2.24, 2.45) is 0 Å². The summed E-state index contributed by atoms with van der Waals surface area (Å²) in [5.41, 5.74) is 0. The van der Waals surface area contributed by atoms with Gasteiger partial charge in [-0.15, -0.1) is 0 Å². The summed E-state index contributed by atoms with van der Waals surface area (Å²) >= 11 is 0. The van der Waals surface area contributed by atoms with Crippen LogP contribution in [0.5, 0.6) is 0 Å². The van der Waals surface area contributed by atoms with Crippen LogP contribution in [0.1, 0.15) is 0 Å². The molecule has 0 saturated carbocycles. The van der Waals surface area contributed by atoms with E-state index in [0.29, 0.717) is 0 Å². The molecule has 0 N–H and O–H groups in total. The van der Waals surface area contributed by atoms with Gasteiger partial charge in [0.05, 0.1) is 0 Å². The first-order valence-electron chi connectivity index (χ1n) is 0. The van der Waals surface area contributed by atoms with Crippen LogP contribution < -0.4 is 0 Å². The predicted molar refractivity (Wildman–Crippen MR) is 23.9 cm³/mol. The number of rotatable bonds is 0. The normalized spacial score (nSPS) is 0. The molecule has 0 saturated heterocycles. The third-order valence-electron chi connectivity index (χ3n) is 0. The van der Waals surface area contributed by atoms with Gasteiger partial charge in [-0.1, -0.05) is 0 Å². The molecule has 6 heavy (non-hydrogen) atoms. The molecule has 0 aliphatic heterocycles. The van der Waals surface area contributed by atoms with Crippen molar-refractivity contribution < 1.29 is 16.4 Å². The Balaban J connectivity index is 0. The molecule has 0 aliphatic carbocycles. The molecule has 0 aliphatic rings. The maximum absolute atomic E-state index is 0. The van der Waals surface area contributed by atoms with Gasteiger partial charge >= 0.3 is 34.7 Å². The standard InChI is InChI=1S/2Al.3O.H2S/h;;;;;1H2/q2*+3;3*-2;. The summed E-state index contributed by atoms with van der Waals surface area (Å²) in [6, 6.07) is 0. The van der Waals surface area contributed by atoms with E-state index < -0.39 is 0 Å². The summed E-state index contributed by atoms with van der Waals surface area (Å²) in [7, 11) is 0. The van der Waals surface area contributed by atoms with E-state index in [1.807, 2.05) is 0 Å². The fourth-order valence-electron chi connectivity index (χ4n) is 0. The minimum Gasteiger partial charge on any atom is -2.00 e. The molecule has 0 radical (unpaired) electrons. The van der Waals surface area contributed by atoms with Crippen LogP contribution in [0, 0.1) is 0 Å². The van der Waals surface area contributed by atoms with Gasteiger partial charge < -0.3 is 16.4 Å². The Labute approximate surface area is 64.8 Å². The molecule has 0 aromatic rings. The van der Waals surface area contributed by atoms with Crippen molar-refractivity contribution in [2.75, 3.05) is 0 Å². The molecule has 6 heteroatoms. The van der Waals surface area contributed by atoms with E-state index in [1.165, 1.54) is 0 Å². The van der Waals surface area contributed by atoms with Gasteiger partial charge in [0.1, 0.15) is 0 Å². The predicted octanol–water partition coefficient (Wildman–Crippen LogP) is -1.01. The molecule has 0 unspecified atom stereocenters. The first-order valence-corrected chi connectivity index (χ1v) is 0. The fraction of sp³-hybridized carbons (Fsp3) is 0. The van der Waals surface area contributed by atoms with Gasteiger partial charge in [0, 0.05) is 0 Å². The summed E-state index contributed by atoms with van der Waals surface area (Å²) in [5.74, 6) is 0. The summed E-state index contributed by atoms with van der Waals surface area (Å²) in [6.07, 6.45) is 0. The minimum atomic E-state index is 0. The minimum absolute atomic E-state index is 0. The second-order valence-electron chi connectivity index (χ2n) is 0. The van der Waals surface area contributed by atoms with Gasteiger partial charge in [-0.05, 0) is 0 Å². The maximum Gasteiger partial charge on any atom is 3.00 e. The molecule has 0 aromatic carbocycles. The first kappa shape index (κ1) is 172. The Bertz CT molecular complexity index is 8.75. The van der Waals surface area contributed by atoms with Crippen molar-refractivity contribution in [1.82, 2.24) is 0 Å². The van der Waals surface area contributed by atoms with Crippen LogP contribution in [0.4, 0.5) is 0 Å². The van der Waals surface area contributed by atoms with Crippen LogP contribution in [0.25, 0.3) is 0 Å². The van der Waals surface area contributed by atoms with Crippen molar-refractivity contribution in [2.45, 2.75) is 0 Å². The van der Waals surface area contributed by atoms with Crippen LogP contribution in [-0.2, 0) is 16.4 Å². The second-order valence-corrected chi connectivity index (χ2v) is 0. The van der Waals surface area contributed by atoms with Crippen molar-refractivity contribution in [1.29, 1.82) is 0 Å². The summed E-state index contributed by atoms with van der Waals surface area (Å²) in [4.78, 5) is 0. The quantitative estimate of drug-likeness (QED) is 0.382. The molecular formula is H2Al2O3S. The SMILES string of the molecule is S.[Al+3].[Al+3].[O-2].[O-2].[O-2]. The monoisotopic (exact) mass is 136 g/mol. The molecule has 3 nitrogen and oxygen atoms in total. The molecule has 0 atom stereocenters. The molecule has 0 fully saturated rings. The van der Waals surface area contributed by atoms with Crippen molar-refractivity contribution in [3.05, 3.63) is 0 Å². The second kappa shape index (κ2) is 105. The topological polar surface area (TPSA) is 85.5 Å². The Morgan fingerprint density at radius 1 is 0.500 bits per heavy atom. The van der Waals surface area contributed by atoms with E-state index in [0.717, 1.165) is 0 Å². The van der Waals surface area contributed by atoms with Crippen molar-refractivity contribution in [3.63, 3.8) is 0 Å². The third kappa shape index (κ3) is 58.2. The zero-order valence-corrected chi connectivity index (χ0v) is 6.19. The zero-order valence-electron chi connectivity index (χ0n) is 2.88. The van der Waals surface area contributed by atoms with E-state index in [4.69, 9.17) is 0 Å². The maximum atomic E-state index is 0. The summed E-state index contributed by atoms with van der Waals surface area (Å²) < 4.78 is 0. The van der Waals surface area contributed by atoms with Crippen molar-refractivity contribution in [3.8, 4) is 0 Å². The van der Waals surface area contributed by atoms with Crippen LogP contribution in [-0.4, -0.2) is 34.7 Å². The van der Waals surface area contributed by atoms with E-state index in [9.17, 15) is 0 Å². The van der Waals surface area contributed by atoms with Crippen LogP contribution in [0.2, 0.25) is 0 Å². The van der Waals surface area contributed by atoms with Crippen LogP contribution in [0.15, 0.2) is 0 Å². The van der Waals surface area contributed by atoms with Gasteiger partial charge in [0.25, 0.3) is 0 Å². The average molecular weight is 136 g/mol. The van der Waals surface area contributed by atoms with Crippen LogP contribution in [0.3, 0.4) is 0 Å². The van der Waals surface area contributed by atoms with E-state index in [2.05, 4.69) is 0 Å². The largest absolute Gasteiger partial charge is 3.00 e. The number of hydrogen-bond acceptors (Lipinski definition) is 0. The summed E-state index contributed by atoms with van der Waals surface area (Å²) in [5, 5.41) is 0. The molecular weight excluding hydrogens is 134 g/mol. The van der Waals surface area contributed by atoms with Gasteiger partial charge in [0.2, 0.25) is 0 Å². The molecule has 0 amide bonds. The molecule has 0 heterocycles. The Morgan fingerprint density at radius 3 is 0.500 bits per heavy atom. The average Bonchev–Trinajstić information content (AvgIpc) is 0. The van der Waals surface area contributed by atoms with Gasteiger partial charge in [-0.3, -0.25) is 0 Å². The number of hydrogen-bond donors (Lipinski definition) is 0. The van der Waals surface area contributed by atoms with Gasteiger partial charge in [0.15, 0.2) is 0 Å². The molecule has 0 rings (SSSR count). The molecule has 0 aromatic heterocycles. The van der Waals surface area contributed by atoms with Gasteiger partial charge in [-0.2, -0.15) is 13.5 Å². The fourth-order valence-corrected chi connectivity index (χ4v) is 0. The molecule has 0 spiro atoms. The summed E-state index contributed by atoms with van der Waals surface area (Å²) in [6.45, 7) is 0. The van der Waals surface area contributed by atoms with Crippen molar-refractivity contribution >= 4 is 48.2 Å². The van der Waals surface area contributed by atoms with Crippen LogP contribution >= 0.6 is 13.5 Å². The third-order valence-corrected chi connectivity index (χ3v) is 0. The van der Waals surface area contributed by atoms with E-state index in [-0.39, 0.29) is 64.6 Å².